The molecule has 3 heteroatoms. The molecule has 2 atom stereocenters. The molecule has 3 rings (SSSR count). The topological polar surface area (TPSA) is 39.9 Å². The quantitative estimate of drug-likeness (QED) is 0.865. The van der Waals surface area contributed by atoms with E-state index in [0.717, 1.165) is 25.3 Å². The van der Waals surface area contributed by atoms with Crippen LogP contribution in [0, 0.1) is 24.2 Å². The summed E-state index contributed by atoms with van der Waals surface area (Å²) in [7, 11) is 0. The van der Waals surface area contributed by atoms with Crippen LogP contribution in [-0.4, -0.2) is 23.0 Å². The monoisotopic (exact) mass is 277 g/mol. The molecule has 106 valence electrons. The second kappa shape index (κ2) is 6.07. The van der Waals surface area contributed by atoms with Gasteiger partial charge in [-0.15, -0.1) is 0 Å². The third kappa shape index (κ3) is 2.96. The van der Waals surface area contributed by atoms with E-state index in [2.05, 4.69) is 46.3 Å². The van der Waals surface area contributed by atoms with Crippen LogP contribution in [0.5, 0.6) is 0 Å². The van der Waals surface area contributed by atoms with Crippen LogP contribution >= 0.6 is 0 Å². The highest BCUT2D eigenvalue weighted by atomic mass is 15.2. The first kappa shape index (κ1) is 13.8. The van der Waals surface area contributed by atoms with Crippen LogP contribution in [0.3, 0.4) is 0 Å². The van der Waals surface area contributed by atoms with Crippen LogP contribution < -0.4 is 0 Å². The van der Waals surface area contributed by atoms with E-state index in [1.54, 1.807) is 0 Å². The Kier molecular flexibility index (Phi) is 3.98. The Morgan fingerprint density at radius 2 is 2.00 bits per heavy atom. The second-order valence-corrected chi connectivity index (χ2v) is 5.70. The molecule has 21 heavy (non-hydrogen) atoms. The summed E-state index contributed by atoms with van der Waals surface area (Å²) in [4.78, 5) is 6.75. The number of nitrogens with zero attached hydrogens (tertiary/aromatic N) is 3. The molecule has 1 fully saturated rings. The third-order valence-corrected chi connectivity index (χ3v) is 4.26. The van der Waals surface area contributed by atoms with Gasteiger partial charge in [0.2, 0.25) is 0 Å². The van der Waals surface area contributed by atoms with E-state index in [-0.39, 0.29) is 11.8 Å². The summed E-state index contributed by atoms with van der Waals surface area (Å²) in [5.41, 5.74) is 3.57. The number of benzene rings is 1. The Labute approximate surface area is 125 Å². The Hall–Kier alpha value is -2.18. The molecule has 1 aliphatic rings. The van der Waals surface area contributed by atoms with Gasteiger partial charge in [0.15, 0.2) is 0 Å². The molecule has 0 spiro atoms. The first-order valence-corrected chi connectivity index (χ1v) is 7.35. The van der Waals surface area contributed by atoms with Crippen molar-refractivity contribution < 1.29 is 0 Å². The van der Waals surface area contributed by atoms with E-state index < -0.39 is 0 Å². The average molecular weight is 277 g/mol. The molecule has 0 amide bonds. The van der Waals surface area contributed by atoms with Gasteiger partial charge in [-0.05, 0) is 24.1 Å². The van der Waals surface area contributed by atoms with Crippen molar-refractivity contribution in [3.05, 3.63) is 65.5 Å². The molecule has 0 bridgehead atoms. The number of hydrogen-bond donors (Lipinski definition) is 0. The fraction of sp³-hybridized carbons (Fsp3) is 0.333. The van der Waals surface area contributed by atoms with Crippen LogP contribution in [0.25, 0.3) is 0 Å². The molecular formula is C18H19N3. The van der Waals surface area contributed by atoms with E-state index >= 15 is 0 Å². The van der Waals surface area contributed by atoms with Crippen LogP contribution in [0.4, 0.5) is 0 Å². The van der Waals surface area contributed by atoms with Crippen molar-refractivity contribution in [1.82, 2.24) is 9.88 Å². The van der Waals surface area contributed by atoms with E-state index in [0.29, 0.717) is 0 Å². The van der Waals surface area contributed by atoms with Crippen LogP contribution in [0.2, 0.25) is 0 Å². The highest BCUT2D eigenvalue weighted by Gasteiger charge is 2.34. The molecule has 3 nitrogen and oxygen atoms in total. The maximum absolute atomic E-state index is 9.48. The smallest absolute Gasteiger partial charge is 0.0676 e. The lowest BCUT2D eigenvalue weighted by Gasteiger charge is -2.17. The van der Waals surface area contributed by atoms with Gasteiger partial charge in [0.05, 0.1) is 12.0 Å². The van der Waals surface area contributed by atoms with Crippen molar-refractivity contribution in [2.75, 3.05) is 13.1 Å². The molecule has 2 unspecified atom stereocenters. The van der Waals surface area contributed by atoms with Gasteiger partial charge in [0.25, 0.3) is 0 Å². The van der Waals surface area contributed by atoms with E-state index in [4.69, 9.17) is 0 Å². The number of aromatic nitrogens is 1. The third-order valence-electron chi connectivity index (χ3n) is 4.26. The molecule has 1 aromatic carbocycles. The van der Waals surface area contributed by atoms with Crippen molar-refractivity contribution in [3.8, 4) is 6.07 Å². The molecule has 2 aromatic rings. The molecule has 2 heterocycles. The van der Waals surface area contributed by atoms with Crippen LogP contribution in [0.15, 0.2) is 48.7 Å². The molecular weight excluding hydrogens is 258 g/mol. The van der Waals surface area contributed by atoms with Crippen molar-refractivity contribution in [2.45, 2.75) is 19.4 Å². The Morgan fingerprint density at radius 1 is 1.19 bits per heavy atom. The number of rotatable bonds is 3. The van der Waals surface area contributed by atoms with Gasteiger partial charge in [-0.1, -0.05) is 36.4 Å². The molecule has 0 aliphatic carbocycles. The molecule has 0 saturated carbocycles. The first-order chi connectivity index (χ1) is 10.3. The molecule has 1 aromatic heterocycles. The fourth-order valence-corrected chi connectivity index (χ4v) is 3.19. The summed E-state index contributed by atoms with van der Waals surface area (Å²) in [6.07, 6.45) is 1.82. The van der Waals surface area contributed by atoms with Gasteiger partial charge in [0.1, 0.15) is 0 Å². The van der Waals surface area contributed by atoms with Gasteiger partial charge in [-0.2, -0.15) is 5.26 Å². The summed E-state index contributed by atoms with van der Waals surface area (Å²) in [6, 6.07) is 17.0. The van der Waals surface area contributed by atoms with Crippen molar-refractivity contribution >= 4 is 0 Å². The Morgan fingerprint density at radius 3 is 2.71 bits per heavy atom. The Balaban J connectivity index is 1.78. The Bertz CT molecular complexity index is 645. The fourth-order valence-electron chi connectivity index (χ4n) is 3.19. The maximum Gasteiger partial charge on any atom is 0.0676 e. The lowest BCUT2D eigenvalue weighted by atomic mass is 9.89. The normalized spacial score (nSPS) is 22.1. The van der Waals surface area contributed by atoms with Crippen LogP contribution in [0.1, 0.15) is 22.7 Å². The molecule has 0 N–H and O–H groups in total. The van der Waals surface area contributed by atoms with E-state index in [9.17, 15) is 5.26 Å². The van der Waals surface area contributed by atoms with Gasteiger partial charge >= 0.3 is 0 Å². The second-order valence-electron chi connectivity index (χ2n) is 5.70. The van der Waals surface area contributed by atoms with Crippen molar-refractivity contribution in [2.24, 2.45) is 5.92 Å². The summed E-state index contributed by atoms with van der Waals surface area (Å²) in [5, 5.41) is 9.48. The number of aryl methyl sites for hydroxylation is 1. The zero-order chi connectivity index (χ0) is 14.7. The van der Waals surface area contributed by atoms with Crippen LogP contribution in [-0.2, 0) is 6.54 Å². The number of pyridine rings is 1. The zero-order valence-electron chi connectivity index (χ0n) is 12.2. The van der Waals surface area contributed by atoms with E-state index in [1.807, 2.05) is 25.3 Å². The predicted molar refractivity (Wildman–Crippen MR) is 82.5 cm³/mol. The SMILES string of the molecule is Cc1ncccc1C1CN(Cc2ccccc2)CC1C#N. The first-order valence-electron chi connectivity index (χ1n) is 7.35. The van der Waals surface area contributed by atoms with Gasteiger partial charge in [-0.25, -0.2) is 0 Å². The minimum Gasteiger partial charge on any atom is -0.297 e. The number of hydrogen-bond acceptors (Lipinski definition) is 3. The molecule has 1 aliphatic heterocycles. The lowest BCUT2D eigenvalue weighted by molar-refractivity contribution is 0.322. The van der Waals surface area contributed by atoms with Gasteiger partial charge in [-0.3, -0.25) is 9.88 Å². The minimum atomic E-state index is 0.0524. The number of likely N-dealkylation sites (tertiary alicyclic amines) is 1. The highest BCUT2D eigenvalue weighted by molar-refractivity contribution is 5.28. The molecule has 0 radical (unpaired) electrons. The minimum absolute atomic E-state index is 0.0524. The van der Waals surface area contributed by atoms with Gasteiger partial charge < -0.3 is 0 Å². The lowest BCUT2D eigenvalue weighted by Crippen LogP contribution is -2.20. The standard InChI is InChI=1S/C18H19N3/c1-14-17(8-5-9-20-14)18-13-21(12-16(18)10-19)11-15-6-3-2-4-7-15/h2-9,16,18H,11-13H2,1H3. The zero-order valence-corrected chi connectivity index (χ0v) is 12.2. The predicted octanol–water partition coefficient (Wildman–Crippen LogP) is 3.13. The summed E-state index contributed by atoms with van der Waals surface area (Å²) < 4.78 is 0. The van der Waals surface area contributed by atoms with E-state index in [1.165, 1.54) is 11.1 Å². The van der Waals surface area contributed by atoms with Crippen molar-refractivity contribution in [1.29, 1.82) is 5.26 Å². The summed E-state index contributed by atoms with van der Waals surface area (Å²) in [5.74, 6) is 0.323. The average Bonchev–Trinajstić information content (AvgIpc) is 2.91. The summed E-state index contributed by atoms with van der Waals surface area (Å²) in [6.45, 7) is 4.71. The largest absolute Gasteiger partial charge is 0.297 e. The summed E-state index contributed by atoms with van der Waals surface area (Å²) >= 11 is 0. The molecule has 1 saturated heterocycles. The highest BCUT2D eigenvalue weighted by Crippen LogP contribution is 2.34. The van der Waals surface area contributed by atoms with Crippen molar-refractivity contribution in [3.63, 3.8) is 0 Å². The maximum atomic E-state index is 9.48. The van der Waals surface area contributed by atoms with Gasteiger partial charge in [0, 0.05) is 37.4 Å². The number of nitriles is 1.